The molecule has 0 aromatic heterocycles. The van der Waals surface area contributed by atoms with E-state index in [1.807, 2.05) is 36.2 Å². The Bertz CT molecular complexity index is 611. The van der Waals surface area contributed by atoms with Crippen LogP contribution in [0.25, 0.3) is 0 Å². The molecule has 0 unspecified atom stereocenters. The van der Waals surface area contributed by atoms with Crippen LogP contribution in [0.1, 0.15) is 11.1 Å². The molecule has 2 aromatic carbocycles. The van der Waals surface area contributed by atoms with E-state index in [0.717, 1.165) is 24.5 Å². The number of hydrogen-bond acceptors (Lipinski definition) is 1. The first-order chi connectivity index (χ1) is 10.7. The number of guanidine groups is 1. The fourth-order valence-corrected chi connectivity index (χ4v) is 2.33. The highest BCUT2D eigenvalue weighted by Crippen LogP contribution is 2.06. The first-order valence-corrected chi connectivity index (χ1v) is 7.39. The average molecular weight is 299 g/mol. The van der Waals surface area contributed by atoms with Crippen LogP contribution in [0.4, 0.5) is 4.39 Å². The number of hydrogen-bond donors (Lipinski definition) is 1. The lowest BCUT2D eigenvalue weighted by Crippen LogP contribution is -2.39. The van der Waals surface area contributed by atoms with Crippen LogP contribution in [0.5, 0.6) is 0 Å². The maximum Gasteiger partial charge on any atom is 0.193 e. The van der Waals surface area contributed by atoms with Crippen LogP contribution in [0.2, 0.25) is 0 Å². The molecule has 0 atom stereocenters. The Morgan fingerprint density at radius 2 is 1.82 bits per heavy atom. The second-order valence-corrected chi connectivity index (χ2v) is 5.20. The number of aliphatic imine (C=N–C) groups is 1. The van der Waals surface area contributed by atoms with E-state index < -0.39 is 0 Å². The maximum absolute atomic E-state index is 13.2. The molecule has 2 rings (SSSR count). The van der Waals surface area contributed by atoms with Crippen molar-refractivity contribution in [3.8, 4) is 0 Å². The summed E-state index contributed by atoms with van der Waals surface area (Å²) in [6.45, 7) is 1.42. The van der Waals surface area contributed by atoms with E-state index in [2.05, 4.69) is 22.4 Å². The lowest BCUT2D eigenvalue weighted by atomic mass is 10.1. The van der Waals surface area contributed by atoms with Crippen molar-refractivity contribution in [1.82, 2.24) is 10.2 Å². The van der Waals surface area contributed by atoms with E-state index in [1.165, 1.54) is 11.6 Å². The Labute approximate surface area is 131 Å². The molecule has 0 amide bonds. The van der Waals surface area contributed by atoms with E-state index in [9.17, 15) is 4.39 Å². The SMILES string of the molecule is CN=C(NCCc1ccccc1)N(C)Cc1cccc(F)c1. The van der Waals surface area contributed by atoms with Gasteiger partial charge in [0, 0.05) is 27.2 Å². The predicted molar refractivity (Wildman–Crippen MR) is 89.4 cm³/mol. The van der Waals surface area contributed by atoms with Crippen molar-refractivity contribution in [2.75, 3.05) is 20.6 Å². The van der Waals surface area contributed by atoms with Crippen molar-refractivity contribution in [2.45, 2.75) is 13.0 Å². The molecule has 0 heterocycles. The molecule has 0 saturated heterocycles. The largest absolute Gasteiger partial charge is 0.356 e. The zero-order valence-electron chi connectivity index (χ0n) is 13.1. The van der Waals surface area contributed by atoms with Gasteiger partial charge >= 0.3 is 0 Å². The zero-order valence-corrected chi connectivity index (χ0v) is 13.1. The molecule has 0 aliphatic rings. The predicted octanol–water partition coefficient (Wildman–Crippen LogP) is 3.08. The van der Waals surface area contributed by atoms with Crippen molar-refractivity contribution >= 4 is 5.96 Å². The van der Waals surface area contributed by atoms with E-state index >= 15 is 0 Å². The van der Waals surface area contributed by atoms with E-state index in [0.29, 0.717) is 6.54 Å². The van der Waals surface area contributed by atoms with Gasteiger partial charge in [0.1, 0.15) is 5.82 Å². The zero-order chi connectivity index (χ0) is 15.8. The van der Waals surface area contributed by atoms with Gasteiger partial charge in [-0.25, -0.2) is 4.39 Å². The van der Waals surface area contributed by atoms with Crippen LogP contribution in [0, 0.1) is 5.82 Å². The lowest BCUT2D eigenvalue weighted by Gasteiger charge is -2.22. The summed E-state index contributed by atoms with van der Waals surface area (Å²) in [6.07, 6.45) is 0.938. The summed E-state index contributed by atoms with van der Waals surface area (Å²) in [7, 11) is 3.70. The Morgan fingerprint density at radius 3 is 2.50 bits per heavy atom. The molecular weight excluding hydrogens is 277 g/mol. The highest BCUT2D eigenvalue weighted by atomic mass is 19.1. The number of halogens is 1. The average Bonchev–Trinajstić information content (AvgIpc) is 2.52. The fourth-order valence-electron chi connectivity index (χ4n) is 2.33. The number of nitrogens with one attached hydrogen (secondary N) is 1. The van der Waals surface area contributed by atoms with Gasteiger partial charge in [0.25, 0.3) is 0 Å². The second kappa shape index (κ2) is 8.17. The summed E-state index contributed by atoms with van der Waals surface area (Å²) in [5.41, 5.74) is 2.21. The van der Waals surface area contributed by atoms with Crippen LogP contribution in [0.3, 0.4) is 0 Å². The van der Waals surface area contributed by atoms with E-state index in [1.54, 1.807) is 19.2 Å². The molecule has 22 heavy (non-hydrogen) atoms. The summed E-state index contributed by atoms with van der Waals surface area (Å²) in [5, 5.41) is 3.33. The first kappa shape index (κ1) is 16.0. The van der Waals surface area contributed by atoms with Crippen molar-refractivity contribution in [2.24, 2.45) is 4.99 Å². The Hall–Kier alpha value is -2.36. The van der Waals surface area contributed by atoms with Gasteiger partial charge in [-0.1, -0.05) is 42.5 Å². The van der Waals surface area contributed by atoms with Crippen LogP contribution < -0.4 is 5.32 Å². The number of benzene rings is 2. The van der Waals surface area contributed by atoms with Gasteiger partial charge < -0.3 is 10.2 Å². The molecule has 4 heteroatoms. The van der Waals surface area contributed by atoms with Crippen LogP contribution in [0.15, 0.2) is 59.6 Å². The van der Waals surface area contributed by atoms with Crippen LogP contribution in [-0.2, 0) is 13.0 Å². The normalized spacial score (nSPS) is 11.3. The van der Waals surface area contributed by atoms with Crippen LogP contribution >= 0.6 is 0 Å². The maximum atomic E-state index is 13.2. The van der Waals surface area contributed by atoms with Crippen molar-refractivity contribution in [3.63, 3.8) is 0 Å². The minimum absolute atomic E-state index is 0.210. The van der Waals surface area contributed by atoms with Crippen molar-refractivity contribution in [1.29, 1.82) is 0 Å². The summed E-state index contributed by atoms with van der Waals surface area (Å²) in [6, 6.07) is 17.0. The number of rotatable bonds is 5. The molecule has 2 aromatic rings. The molecule has 0 spiro atoms. The molecule has 0 aliphatic heterocycles. The van der Waals surface area contributed by atoms with E-state index in [4.69, 9.17) is 0 Å². The molecule has 0 radical (unpaired) electrons. The summed E-state index contributed by atoms with van der Waals surface area (Å²) in [5.74, 6) is 0.595. The third-order valence-electron chi connectivity index (χ3n) is 3.42. The fraction of sp³-hybridized carbons (Fsp3) is 0.278. The van der Waals surface area contributed by atoms with Gasteiger partial charge in [0.2, 0.25) is 0 Å². The molecule has 0 bridgehead atoms. The van der Waals surface area contributed by atoms with E-state index in [-0.39, 0.29) is 5.82 Å². The molecule has 0 saturated carbocycles. The Kier molecular flexibility index (Phi) is 5.95. The third kappa shape index (κ3) is 4.88. The second-order valence-electron chi connectivity index (χ2n) is 5.20. The molecular formula is C18H22FN3. The van der Waals surface area contributed by atoms with Gasteiger partial charge in [-0.15, -0.1) is 0 Å². The van der Waals surface area contributed by atoms with Crippen molar-refractivity contribution in [3.05, 3.63) is 71.5 Å². The summed E-state index contributed by atoms with van der Waals surface area (Å²) in [4.78, 5) is 6.26. The Balaban J connectivity index is 1.85. The standard InChI is InChI=1S/C18H22FN3/c1-20-18(21-12-11-15-7-4-3-5-8-15)22(2)14-16-9-6-10-17(19)13-16/h3-10,13H,11-12,14H2,1-2H3,(H,20,21). The first-order valence-electron chi connectivity index (χ1n) is 7.39. The lowest BCUT2D eigenvalue weighted by molar-refractivity contribution is 0.475. The quantitative estimate of drug-likeness (QED) is 0.679. The highest BCUT2D eigenvalue weighted by molar-refractivity contribution is 5.79. The third-order valence-corrected chi connectivity index (χ3v) is 3.42. The molecule has 116 valence electrons. The molecule has 1 N–H and O–H groups in total. The van der Waals surface area contributed by atoms with Gasteiger partial charge in [0.15, 0.2) is 5.96 Å². The summed E-state index contributed by atoms with van der Waals surface area (Å²) < 4.78 is 13.2. The van der Waals surface area contributed by atoms with Crippen LogP contribution in [-0.4, -0.2) is 31.5 Å². The van der Waals surface area contributed by atoms with Gasteiger partial charge in [-0.05, 0) is 29.7 Å². The minimum atomic E-state index is -0.210. The van der Waals surface area contributed by atoms with Gasteiger partial charge in [-0.3, -0.25) is 4.99 Å². The summed E-state index contributed by atoms with van der Waals surface area (Å²) >= 11 is 0. The topological polar surface area (TPSA) is 27.6 Å². The van der Waals surface area contributed by atoms with Gasteiger partial charge in [-0.2, -0.15) is 0 Å². The highest BCUT2D eigenvalue weighted by Gasteiger charge is 2.06. The minimum Gasteiger partial charge on any atom is -0.356 e. The Morgan fingerprint density at radius 1 is 1.09 bits per heavy atom. The molecule has 0 fully saturated rings. The van der Waals surface area contributed by atoms with Gasteiger partial charge in [0.05, 0.1) is 0 Å². The molecule has 3 nitrogen and oxygen atoms in total. The number of nitrogens with zero attached hydrogens (tertiary/aromatic N) is 2. The molecule has 0 aliphatic carbocycles. The van der Waals surface area contributed by atoms with Crippen molar-refractivity contribution < 1.29 is 4.39 Å². The monoisotopic (exact) mass is 299 g/mol. The smallest absolute Gasteiger partial charge is 0.193 e.